The number of ketones is 1. The van der Waals surface area contributed by atoms with Gasteiger partial charge >= 0.3 is 0 Å². The van der Waals surface area contributed by atoms with Gasteiger partial charge in [0.05, 0.1) is 5.69 Å². The molecule has 28 heavy (non-hydrogen) atoms. The summed E-state index contributed by atoms with van der Waals surface area (Å²) in [5.41, 5.74) is 4.83. The standard InChI is InChI=1S/C25H23NO2/c27-18-22-10-7-11-23(24(22)26-16-5-2-6-17-26)25(28)21-14-12-20(13-15-21)19-8-3-1-4-9-19/h1,3-4,7-15,18H,2,5-6,16-17H2. The molecule has 0 spiro atoms. The lowest BCUT2D eigenvalue weighted by Crippen LogP contribution is -2.31. The van der Waals surface area contributed by atoms with E-state index in [0.29, 0.717) is 16.7 Å². The number of piperidine rings is 1. The number of nitrogens with zero attached hydrogens (tertiary/aromatic N) is 1. The first kappa shape index (κ1) is 18.2. The maximum atomic E-state index is 13.3. The van der Waals surface area contributed by atoms with Crippen molar-refractivity contribution in [2.24, 2.45) is 0 Å². The number of carbonyl (C=O) groups is 2. The zero-order valence-electron chi connectivity index (χ0n) is 15.8. The highest BCUT2D eigenvalue weighted by atomic mass is 16.1. The smallest absolute Gasteiger partial charge is 0.195 e. The molecule has 1 aliphatic heterocycles. The number of benzene rings is 3. The van der Waals surface area contributed by atoms with Crippen molar-refractivity contribution in [2.45, 2.75) is 19.3 Å². The summed E-state index contributed by atoms with van der Waals surface area (Å²) in [5, 5.41) is 0. The van der Waals surface area contributed by atoms with Crippen LogP contribution in [0.4, 0.5) is 5.69 Å². The molecule has 1 aliphatic rings. The molecule has 4 rings (SSSR count). The summed E-state index contributed by atoms with van der Waals surface area (Å²) in [5.74, 6) is -0.0381. The molecular weight excluding hydrogens is 346 g/mol. The van der Waals surface area contributed by atoms with E-state index in [2.05, 4.69) is 17.0 Å². The van der Waals surface area contributed by atoms with Gasteiger partial charge in [-0.1, -0.05) is 60.7 Å². The van der Waals surface area contributed by atoms with Crippen LogP contribution in [0.5, 0.6) is 0 Å². The first-order valence-corrected chi connectivity index (χ1v) is 9.81. The summed E-state index contributed by atoms with van der Waals surface area (Å²) >= 11 is 0. The quantitative estimate of drug-likeness (QED) is 0.447. The van der Waals surface area contributed by atoms with Crippen LogP contribution in [0.2, 0.25) is 0 Å². The number of anilines is 1. The van der Waals surface area contributed by atoms with Crippen LogP contribution in [0.3, 0.4) is 0 Å². The summed E-state index contributed by atoms with van der Waals surface area (Å²) in [6, 6.07) is 23.2. The molecule has 0 amide bonds. The lowest BCUT2D eigenvalue weighted by Gasteiger charge is -2.31. The van der Waals surface area contributed by atoms with E-state index in [4.69, 9.17) is 0 Å². The Bertz CT molecular complexity index is 971. The number of hydrogen-bond donors (Lipinski definition) is 0. The molecule has 140 valence electrons. The number of rotatable bonds is 5. The summed E-state index contributed by atoms with van der Waals surface area (Å²) < 4.78 is 0. The fourth-order valence-corrected chi connectivity index (χ4v) is 3.91. The molecule has 0 aliphatic carbocycles. The number of aldehydes is 1. The van der Waals surface area contributed by atoms with Crippen LogP contribution in [0.15, 0.2) is 72.8 Å². The Kier molecular flexibility index (Phi) is 5.34. The largest absolute Gasteiger partial charge is 0.370 e. The molecular formula is C25H23NO2. The highest BCUT2D eigenvalue weighted by Gasteiger charge is 2.22. The molecule has 0 aromatic heterocycles. The fourth-order valence-electron chi connectivity index (χ4n) is 3.91. The molecule has 3 aromatic carbocycles. The Hall–Kier alpha value is -3.20. The normalized spacial score (nSPS) is 13.9. The monoisotopic (exact) mass is 369 g/mol. The van der Waals surface area contributed by atoms with E-state index in [1.165, 1.54) is 6.42 Å². The number of hydrogen-bond acceptors (Lipinski definition) is 3. The molecule has 0 unspecified atom stereocenters. The van der Waals surface area contributed by atoms with E-state index in [1.54, 1.807) is 12.1 Å². The Morgan fingerprint density at radius 2 is 1.43 bits per heavy atom. The second kappa shape index (κ2) is 8.22. The first-order chi connectivity index (χ1) is 13.8. The first-order valence-electron chi connectivity index (χ1n) is 9.81. The van der Waals surface area contributed by atoms with Crippen LogP contribution >= 0.6 is 0 Å². The molecule has 1 fully saturated rings. The van der Waals surface area contributed by atoms with Crippen molar-refractivity contribution >= 4 is 17.8 Å². The molecule has 0 N–H and O–H groups in total. The molecule has 0 saturated carbocycles. The van der Waals surface area contributed by atoms with Crippen LogP contribution in [0, 0.1) is 0 Å². The van der Waals surface area contributed by atoms with Crippen LogP contribution in [0.25, 0.3) is 11.1 Å². The third-order valence-corrected chi connectivity index (χ3v) is 5.37. The number of carbonyl (C=O) groups excluding carboxylic acids is 2. The zero-order chi connectivity index (χ0) is 19.3. The van der Waals surface area contributed by atoms with Crippen molar-refractivity contribution in [1.82, 2.24) is 0 Å². The maximum absolute atomic E-state index is 13.3. The van der Waals surface area contributed by atoms with Crippen molar-refractivity contribution in [3.05, 3.63) is 89.5 Å². The van der Waals surface area contributed by atoms with Gasteiger partial charge in [-0.3, -0.25) is 9.59 Å². The summed E-state index contributed by atoms with van der Waals surface area (Å²) in [6.45, 7) is 1.77. The Morgan fingerprint density at radius 3 is 2.11 bits per heavy atom. The Labute approximate surface area is 165 Å². The van der Waals surface area contributed by atoms with Crippen molar-refractivity contribution < 1.29 is 9.59 Å². The number of para-hydroxylation sites is 1. The van der Waals surface area contributed by atoms with Gasteiger partial charge in [0.25, 0.3) is 0 Å². The third kappa shape index (κ3) is 3.61. The van der Waals surface area contributed by atoms with E-state index in [0.717, 1.165) is 49.0 Å². The topological polar surface area (TPSA) is 37.4 Å². The van der Waals surface area contributed by atoms with E-state index in [-0.39, 0.29) is 5.78 Å². The molecule has 3 aromatic rings. The van der Waals surface area contributed by atoms with E-state index < -0.39 is 0 Å². The van der Waals surface area contributed by atoms with Gasteiger partial charge in [0.1, 0.15) is 0 Å². The molecule has 0 atom stereocenters. The minimum Gasteiger partial charge on any atom is -0.370 e. The molecule has 1 heterocycles. The van der Waals surface area contributed by atoms with E-state index in [9.17, 15) is 9.59 Å². The predicted octanol–water partition coefficient (Wildman–Crippen LogP) is 5.39. The minimum atomic E-state index is -0.0381. The van der Waals surface area contributed by atoms with Gasteiger partial charge < -0.3 is 4.90 Å². The van der Waals surface area contributed by atoms with Crippen molar-refractivity contribution in [1.29, 1.82) is 0 Å². The minimum absolute atomic E-state index is 0.0381. The fraction of sp³-hybridized carbons (Fsp3) is 0.200. The van der Waals surface area contributed by atoms with Gasteiger partial charge in [-0.15, -0.1) is 0 Å². The zero-order valence-corrected chi connectivity index (χ0v) is 15.8. The Morgan fingerprint density at radius 1 is 0.750 bits per heavy atom. The summed E-state index contributed by atoms with van der Waals surface area (Å²) in [7, 11) is 0. The van der Waals surface area contributed by atoms with Crippen LogP contribution < -0.4 is 4.90 Å². The molecule has 3 nitrogen and oxygen atoms in total. The SMILES string of the molecule is O=Cc1cccc(C(=O)c2ccc(-c3ccccc3)cc2)c1N1CCCCC1. The van der Waals surface area contributed by atoms with Crippen LogP contribution in [0.1, 0.15) is 45.5 Å². The summed E-state index contributed by atoms with van der Waals surface area (Å²) in [4.78, 5) is 27.1. The van der Waals surface area contributed by atoms with Crippen LogP contribution in [-0.4, -0.2) is 25.2 Å². The Balaban J connectivity index is 1.69. The average molecular weight is 369 g/mol. The highest BCUT2D eigenvalue weighted by Crippen LogP contribution is 2.30. The average Bonchev–Trinajstić information content (AvgIpc) is 2.79. The highest BCUT2D eigenvalue weighted by molar-refractivity contribution is 6.14. The van der Waals surface area contributed by atoms with E-state index >= 15 is 0 Å². The van der Waals surface area contributed by atoms with Crippen LogP contribution in [-0.2, 0) is 0 Å². The van der Waals surface area contributed by atoms with Gasteiger partial charge in [-0.25, -0.2) is 0 Å². The van der Waals surface area contributed by atoms with Gasteiger partial charge in [-0.05, 0) is 42.5 Å². The van der Waals surface area contributed by atoms with Gasteiger partial charge in [0, 0.05) is 29.8 Å². The maximum Gasteiger partial charge on any atom is 0.195 e. The third-order valence-electron chi connectivity index (χ3n) is 5.37. The molecule has 0 bridgehead atoms. The van der Waals surface area contributed by atoms with Gasteiger partial charge in [0.15, 0.2) is 12.1 Å². The van der Waals surface area contributed by atoms with E-state index in [1.807, 2.05) is 48.5 Å². The van der Waals surface area contributed by atoms with Gasteiger partial charge in [0.2, 0.25) is 0 Å². The molecule has 3 heteroatoms. The summed E-state index contributed by atoms with van der Waals surface area (Å²) in [6.07, 6.45) is 4.24. The second-order valence-electron chi connectivity index (χ2n) is 7.18. The molecule has 1 saturated heterocycles. The lowest BCUT2D eigenvalue weighted by atomic mass is 9.95. The second-order valence-corrected chi connectivity index (χ2v) is 7.18. The van der Waals surface area contributed by atoms with Crippen molar-refractivity contribution in [3.63, 3.8) is 0 Å². The molecule has 0 radical (unpaired) electrons. The predicted molar refractivity (Wildman–Crippen MR) is 113 cm³/mol. The van der Waals surface area contributed by atoms with Crippen molar-refractivity contribution in [2.75, 3.05) is 18.0 Å². The van der Waals surface area contributed by atoms with Crippen molar-refractivity contribution in [3.8, 4) is 11.1 Å². The lowest BCUT2D eigenvalue weighted by molar-refractivity contribution is 0.103. The van der Waals surface area contributed by atoms with Gasteiger partial charge in [-0.2, -0.15) is 0 Å².